The van der Waals surface area contributed by atoms with Gasteiger partial charge in [-0.15, -0.1) is 0 Å². The molecule has 1 N–H and O–H groups in total. The number of amides is 1. The van der Waals surface area contributed by atoms with E-state index in [1.807, 2.05) is 60.8 Å². The highest BCUT2D eigenvalue weighted by molar-refractivity contribution is 5.97. The van der Waals surface area contributed by atoms with Crippen molar-refractivity contribution in [2.24, 2.45) is 0 Å². The Bertz CT molecular complexity index is 1410. The first-order valence-electron chi connectivity index (χ1n) is 10.2. The Hall–Kier alpha value is -4.24. The monoisotopic (exact) mass is 422 g/mol. The van der Waals surface area contributed by atoms with E-state index >= 15 is 0 Å². The second-order valence-electron chi connectivity index (χ2n) is 7.64. The number of benzene rings is 1. The summed E-state index contributed by atoms with van der Waals surface area (Å²) in [7, 11) is 0. The maximum absolute atomic E-state index is 12.8. The van der Waals surface area contributed by atoms with Crippen molar-refractivity contribution in [3.63, 3.8) is 0 Å². The number of fused-ring (bicyclic) bond motifs is 1. The van der Waals surface area contributed by atoms with Gasteiger partial charge in [0.15, 0.2) is 11.4 Å². The highest BCUT2D eigenvalue weighted by atomic mass is 16.1. The normalized spacial score (nSPS) is 10.5. The number of aryl methyl sites for hydroxylation is 2. The maximum atomic E-state index is 12.8. The summed E-state index contributed by atoms with van der Waals surface area (Å²) in [6.45, 7) is 5.40. The van der Waals surface area contributed by atoms with E-state index in [-0.39, 0.29) is 18.1 Å². The van der Waals surface area contributed by atoms with Crippen LogP contribution in [0.25, 0.3) is 5.65 Å². The Morgan fingerprint density at radius 2 is 1.91 bits per heavy atom. The number of rotatable bonds is 4. The van der Waals surface area contributed by atoms with E-state index in [1.54, 1.807) is 18.5 Å². The highest BCUT2D eigenvalue weighted by Crippen LogP contribution is 2.17. The van der Waals surface area contributed by atoms with Crippen LogP contribution in [-0.2, 0) is 11.2 Å². The summed E-state index contributed by atoms with van der Waals surface area (Å²) in [4.78, 5) is 32.9. The van der Waals surface area contributed by atoms with Crippen molar-refractivity contribution >= 4 is 23.0 Å². The zero-order valence-corrected chi connectivity index (χ0v) is 18.1. The van der Waals surface area contributed by atoms with Crippen LogP contribution in [0.15, 0.2) is 61.1 Å². The molecule has 0 bridgehead atoms. The third-order valence-electron chi connectivity index (χ3n) is 5.05. The molecule has 0 aliphatic carbocycles. The highest BCUT2D eigenvalue weighted by Gasteiger charge is 2.10. The van der Waals surface area contributed by atoms with Crippen LogP contribution in [0.1, 0.15) is 45.4 Å². The summed E-state index contributed by atoms with van der Waals surface area (Å²) < 4.78 is 1.83. The van der Waals surface area contributed by atoms with E-state index in [0.717, 1.165) is 22.4 Å². The van der Waals surface area contributed by atoms with Crippen molar-refractivity contribution in [1.82, 2.24) is 14.4 Å². The molecule has 6 nitrogen and oxygen atoms in total. The number of anilines is 1. The number of nitrogens with one attached hydrogen (secondary N) is 1. The molecule has 1 amide bonds. The number of hydrogen-bond acceptors (Lipinski definition) is 4. The Balaban J connectivity index is 1.62. The predicted octanol–water partition coefficient (Wildman–Crippen LogP) is 4.13. The lowest BCUT2D eigenvalue weighted by molar-refractivity contribution is -0.114. The summed E-state index contributed by atoms with van der Waals surface area (Å²) in [5.41, 5.74) is 6.13. The summed E-state index contributed by atoms with van der Waals surface area (Å²) in [5, 5.41) is 2.77. The van der Waals surface area contributed by atoms with Crippen molar-refractivity contribution in [1.29, 1.82) is 0 Å². The molecule has 0 aliphatic rings. The molecule has 0 aliphatic heterocycles. The molecule has 158 valence electrons. The van der Waals surface area contributed by atoms with Crippen molar-refractivity contribution < 1.29 is 9.59 Å². The third kappa shape index (κ3) is 4.57. The Morgan fingerprint density at radius 3 is 2.69 bits per heavy atom. The lowest BCUT2D eigenvalue weighted by atomic mass is 10.00. The summed E-state index contributed by atoms with van der Waals surface area (Å²) in [6, 6.07) is 13.0. The Morgan fingerprint density at radius 1 is 1.06 bits per heavy atom. The minimum Gasteiger partial charge on any atom is -0.323 e. The fourth-order valence-corrected chi connectivity index (χ4v) is 3.41. The van der Waals surface area contributed by atoms with Crippen LogP contribution in [0.2, 0.25) is 0 Å². The van der Waals surface area contributed by atoms with Crippen LogP contribution in [-0.4, -0.2) is 26.1 Å². The fourth-order valence-electron chi connectivity index (χ4n) is 3.41. The van der Waals surface area contributed by atoms with Gasteiger partial charge in [0.25, 0.3) is 0 Å². The van der Waals surface area contributed by atoms with Gasteiger partial charge in [0.1, 0.15) is 5.69 Å². The van der Waals surface area contributed by atoms with Gasteiger partial charge in [0.05, 0.1) is 18.3 Å². The standard InChI is InChI=1S/C26H22N4O2/c1-17-10-11-27-22(13-17)15-25(32)21-7-6-18(2)20(14-21)8-9-23-16-28-26-24(29-19(3)31)5-4-12-30(23)26/h4-7,10-14,16H,15H2,1-3H3,(H,29,31). The molecule has 3 heterocycles. The molecule has 0 saturated carbocycles. The number of carbonyl (C=O) groups is 2. The van der Waals surface area contributed by atoms with Gasteiger partial charge < -0.3 is 5.32 Å². The van der Waals surface area contributed by atoms with Gasteiger partial charge in [-0.2, -0.15) is 0 Å². The van der Waals surface area contributed by atoms with Crippen LogP contribution in [0, 0.1) is 25.7 Å². The molecule has 0 atom stereocenters. The average molecular weight is 422 g/mol. The lowest BCUT2D eigenvalue weighted by Gasteiger charge is -2.05. The van der Waals surface area contributed by atoms with Gasteiger partial charge in [-0.1, -0.05) is 18.1 Å². The number of ketones is 1. The van der Waals surface area contributed by atoms with Crippen molar-refractivity contribution in [2.75, 3.05) is 5.32 Å². The van der Waals surface area contributed by atoms with Gasteiger partial charge >= 0.3 is 0 Å². The van der Waals surface area contributed by atoms with Crippen LogP contribution >= 0.6 is 0 Å². The van der Waals surface area contributed by atoms with Gasteiger partial charge in [0, 0.05) is 36.1 Å². The van der Waals surface area contributed by atoms with E-state index < -0.39 is 0 Å². The van der Waals surface area contributed by atoms with Crippen molar-refractivity contribution in [3.05, 3.63) is 94.7 Å². The molecule has 4 aromatic rings. The molecule has 0 spiro atoms. The molecule has 4 rings (SSSR count). The number of Topliss-reactive ketones (excluding diaryl/α,β-unsaturated/α-hetero) is 1. The fraction of sp³-hybridized carbons (Fsp3) is 0.154. The predicted molar refractivity (Wildman–Crippen MR) is 124 cm³/mol. The van der Waals surface area contributed by atoms with Gasteiger partial charge in [-0.3, -0.25) is 19.0 Å². The average Bonchev–Trinajstić information content (AvgIpc) is 3.17. The number of carbonyl (C=O) groups excluding carboxylic acids is 2. The second-order valence-corrected chi connectivity index (χ2v) is 7.64. The molecule has 0 radical (unpaired) electrons. The van der Waals surface area contributed by atoms with Crippen LogP contribution in [0.4, 0.5) is 5.69 Å². The minimum atomic E-state index is -0.160. The number of hydrogen-bond donors (Lipinski definition) is 1. The maximum Gasteiger partial charge on any atom is 0.221 e. The van der Waals surface area contributed by atoms with Crippen LogP contribution in [0.5, 0.6) is 0 Å². The van der Waals surface area contributed by atoms with Gasteiger partial charge in [-0.25, -0.2) is 4.98 Å². The summed E-state index contributed by atoms with van der Waals surface area (Å²) in [5.74, 6) is 6.15. The van der Waals surface area contributed by atoms with E-state index in [9.17, 15) is 9.59 Å². The number of nitrogens with zero attached hydrogens (tertiary/aromatic N) is 3. The minimum absolute atomic E-state index is 0.000835. The molecule has 3 aromatic heterocycles. The first kappa shape index (κ1) is 21.0. The summed E-state index contributed by atoms with van der Waals surface area (Å²) >= 11 is 0. The van der Waals surface area contributed by atoms with E-state index in [1.165, 1.54) is 6.92 Å². The molecule has 0 unspecified atom stereocenters. The lowest BCUT2D eigenvalue weighted by Crippen LogP contribution is -2.07. The topological polar surface area (TPSA) is 76.4 Å². The van der Waals surface area contributed by atoms with Crippen LogP contribution < -0.4 is 5.32 Å². The molecule has 6 heteroatoms. The number of imidazole rings is 1. The smallest absolute Gasteiger partial charge is 0.221 e. The second kappa shape index (κ2) is 8.86. The first-order valence-corrected chi connectivity index (χ1v) is 10.2. The number of aromatic nitrogens is 3. The van der Waals surface area contributed by atoms with Gasteiger partial charge in [0.2, 0.25) is 5.91 Å². The third-order valence-corrected chi connectivity index (χ3v) is 5.05. The molecular formula is C26H22N4O2. The van der Waals surface area contributed by atoms with E-state index in [2.05, 4.69) is 27.1 Å². The molecule has 32 heavy (non-hydrogen) atoms. The molecule has 1 aromatic carbocycles. The SMILES string of the molecule is CC(=O)Nc1cccn2c(C#Cc3cc(C(=O)Cc4cc(C)ccn4)ccc3C)cnc12. The van der Waals surface area contributed by atoms with Crippen molar-refractivity contribution in [2.45, 2.75) is 27.2 Å². The summed E-state index contributed by atoms with van der Waals surface area (Å²) in [6.07, 6.45) is 5.48. The van der Waals surface area contributed by atoms with E-state index in [4.69, 9.17) is 0 Å². The van der Waals surface area contributed by atoms with Gasteiger partial charge in [-0.05, 0) is 61.2 Å². The quantitative estimate of drug-likeness (QED) is 0.396. The van der Waals surface area contributed by atoms with Crippen molar-refractivity contribution in [3.8, 4) is 11.8 Å². The Kier molecular flexibility index (Phi) is 5.82. The first-order chi connectivity index (χ1) is 15.4. The zero-order valence-electron chi connectivity index (χ0n) is 18.1. The van der Waals surface area contributed by atoms with Crippen LogP contribution in [0.3, 0.4) is 0 Å². The van der Waals surface area contributed by atoms with E-state index in [0.29, 0.717) is 22.6 Å². The largest absolute Gasteiger partial charge is 0.323 e. The Labute approximate surface area is 186 Å². The zero-order chi connectivity index (χ0) is 22.7. The molecular weight excluding hydrogens is 400 g/mol. The molecule has 0 fully saturated rings. The number of pyridine rings is 2. The molecule has 0 saturated heterocycles.